The summed E-state index contributed by atoms with van der Waals surface area (Å²) in [5.41, 5.74) is 3.71. The van der Waals surface area contributed by atoms with E-state index in [9.17, 15) is 0 Å². The standard InChI is InChI=1S/C22H18ClN3OS/c1-14-11-20(26-21(24-14)17-9-6-10-18(23)12-17)28-13-19-15(2)27-22(25-19)16-7-4-3-5-8-16/h3-12H,13H2,1-2H3. The van der Waals surface area contributed by atoms with Crippen LogP contribution in [0.25, 0.3) is 22.8 Å². The van der Waals surface area contributed by atoms with E-state index in [0.717, 1.165) is 33.3 Å². The highest BCUT2D eigenvalue weighted by Gasteiger charge is 2.13. The molecule has 4 rings (SSSR count). The van der Waals surface area contributed by atoms with E-state index >= 15 is 0 Å². The van der Waals surface area contributed by atoms with Crippen LogP contribution >= 0.6 is 23.4 Å². The van der Waals surface area contributed by atoms with E-state index in [2.05, 4.69) is 15.0 Å². The van der Waals surface area contributed by atoms with Crippen molar-refractivity contribution in [2.75, 3.05) is 0 Å². The van der Waals surface area contributed by atoms with Crippen LogP contribution in [0, 0.1) is 13.8 Å². The summed E-state index contributed by atoms with van der Waals surface area (Å²) in [6, 6.07) is 19.5. The Balaban J connectivity index is 1.55. The molecule has 0 unspecified atom stereocenters. The van der Waals surface area contributed by atoms with Crippen LogP contribution in [0.1, 0.15) is 17.1 Å². The first-order chi connectivity index (χ1) is 13.6. The quantitative estimate of drug-likeness (QED) is 0.284. The molecular formula is C22H18ClN3OS. The molecule has 4 nitrogen and oxygen atoms in total. The van der Waals surface area contributed by atoms with Gasteiger partial charge in [0.05, 0.1) is 5.69 Å². The van der Waals surface area contributed by atoms with Gasteiger partial charge >= 0.3 is 0 Å². The lowest BCUT2D eigenvalue weighted by Crippen LogP contribution is -1.95. The zero-order valence-electron chi connectivity index (χ0n) is 15.5. The Labute approximate surface area is 173 Å². The Bertz CT molecular complexity index is 1110. The minimum atomic E-state index is 0.646. The zero-order chi connectivity index (χ0) is 19.5. The lowest BCUT2D eigenvalue weighted by atomic mass is 10.2. The van der Waals surface area contributed by atoms with Gasteiger partial charge in [-0.2, -0.15) is 0 Å². The summed E-state index contributed by atoms with van der Waals surface area (Å²) >= 11 is 7.72. The molecule has 0 aliphatic rings. The number of hydrogen-bond acceptors (Lipinski definition) is 5. The van der Waals surface area contributed by atoms with Gasteiger partial charge in [0.15, 0.2) is 5.82 Å². The fourth-order valence-electron chi connectivity index (χ4n) is 2.78. The largest absolute Gasteiger partial charge is 0.441 e. The Hall–Kier alpha value is -2.63. The Morgan fingerprint density at radius 3 is 2.46 bits per heavy atom. The van der Waals surface area contributed by atoms with E-state index in [-0.39, 0.29) is 0 Å². The molecule has 2 aromatic heterocycles. The van der Waals surface area contributed by atoms with Crippen molar-refractivity contribution in [1.29, 1.82) is 0 Å². The third-order valence-corrected chi connectivity index (χ3v) is 5.34. The van der Waals surface area contributed by atoms with Crippen LogP contribution in [0.5, 0.6) is 0 Å². The summed E-state index contributed by atoms with van der Waals surface area (Å²) in [6.07, 6.45) is 0. The number of benzene rings is 2. The average Bonchev–Trinajstić information content (AvgIpc) is 3.07. The van der Waals surface area contributed by atoms with E-state index < -0.39 is 0 Å². The first kappa shape index (κ1) is 18.7. The molecule has 140 valence electrons. The predicted octanol–water partition coefficient (Wildman–Crippen LogP) is 6.36. The summed E-state index contributed by atoms with van der Waals surface area (Å²) in [5, 5.41) is 1.56. The molecule has 2 aromatic carbocycles. The van der Waals surface area contributed by atoms with E-state index in [1.807, 2.05) is 74.5 Å². The SMILES string of the molecule is Cc1cc(SCc2nc(-c3ccccc3)oc2C)nc(-c2cccc(Cl)c2)n1. The first-order valence-corrected chi connectivity index (χ1v) is 10.2. The van der Waals surface area contributed by atoms with Gasteiger partial charge in [-0.1, -0.05) is 53.7 Å². The highest BCUT2D eigenvalue weighted by Crippen LogP contribution is 2.28. The van der Waals surface area contributed by atoms with Gasteiger partial charge in [-0.25, -0.2) is 15.0 Å². The molecule has 6 heteroatoms. The van der Waals surface area contributed by atoms with Gasteiger partial charge in [0.25, 0.3) is 0 Å². The maximum absolute atomic E-state index is 6.11. The molecule has 0 saturated carbocycles. The molecule has 4 aromatic rings. The molecule has 0 amide bonds. The summed E-state index contributed by atoms with van der Waals surface area (Å²) in [7, 11) is 0. The number of hydrogen-bond donors (Lipinski definition) is 0. The molecule has 0 spiro atoms. The van der Waals surface area contributed by atoms with Crippen molar-refractivity contribution in [2.45, 2.75) is 24.6 Å². The highest BCUT2D eigenvalue weighted by atomic mass is 35.5. The molecule has 0 saturated heterocycles. The molecule has 0 N–H and O–H groups in total. The first-order valence-electron chi connectivity index (χ1n) is 8.84. The van der Waals surface area contributed by atoms with Gasteiger partial charge in [0, 0.05) is 27.6 Å². The molecule has 28 heavy (non-hydrogen) atoms. The van der Waals surface area contributed by atoms with Gasteiger partial charge in [-0.05, 0) is 44.2 Å². The van der Waals surface area contributed by atoms with Crippen LogP contribution in [0.2, 0.25) is 5.02 Å². The van der Waals surface area contributed by atoms with Crippen molar-refractivity contribution in [2.24, 2.45) is 0 Å². The van der Waals surface area contributed by atoms with Gasteiger partial charge in [0.2, 0.25) is 5.89 Å². The summed E-state index contributed by atoms with van der Waals surface area (Å²) in [6.45, 7) is 3.91. The van der Waals surface area contributed by atoms with E-state index in [4.69, 9.17) is 16.0 Å². The summed E-state index contributed by atoms with van der Waals surface area (Å²) in [5.74, 6) is 2.82. The smallest absolute Gasteiger partial charge is 0.226 e. The third-order valence-electron chi connectivity index (χ3n) is 4.18. The summed E-state index contributed by atoms with van der Waals surface area (Å²) in [4.78, 5) is 13.9. The number of halogens is 1. The Morgan fingerprint density at radius 1 is 0.893 bits per heavy atom. The number of oxazole rings is 1. The van der Waals surface area contributed by atoms with Crippen molar-refractivity contribution in [3.8, 4) is 22.8 Å². The van der Waals surface area contributed by atoms with Crippen LogP contribution in [-0.2, 0) is 5.75 Å². The number of aryl methyl sites for hydroxylation is 2. The molecule has 0 atom stereocenters. The van der Waals surface area contributed by atoms with Crippen molar-refractivity contribution >= 4 is 23.4 Å². The molecule has 2 heterocycles. The molecule has 0 bridgehead atoms. The van der Waals surface area contributed by atoms with Crippen molar-refractivity contribution in [3.05, 3.63) is 82.8 Å². The summed E-state index contributed by atoms with van der Waals surface area (Å²) < 4.78 is 5.85. The maximum Gasteiger partial charge on any atom is 0.226 e. The molecule has 0 fully saturated rings. The zero-order valence-corrected chi connectivity index (χ0v) is 17.1. The topological polar surface area (TPSA) is 51.8 Å². The minimum absolute atomic E-state index is 0.646. The van der Waals surface area contributed by atoms with Crippen LogP contribution < -0.4 is 0 Å². The fourth-order valence-corrected chi connectivity index (χ4v) is 3.93. The number of rotatable bonds is 5. The van der Waals surface area contributed by atoms with Gasteiger partial charge in [-0.3, -0.25) is 0 Å². The van der Waals surface area contributed by atoms with Crippen molar-refractivity contribution in [1.82, 2.24) is 15.0 Å². The van der Waals surface area contributed by atoms with E-state index in [0.29, 0.717) is 22.5 Å². The second-order valence-electron chi connectivity index (χ2n) is 6.36. The third kappa shape index (κ3) is 4.26. The Morgan fingerprint density at radius 2 is 1.68 bits per heavy atom. The monoisotopic (exact) mass is 407 g/mol. The van der Waals surface area contributed by atoms with Crippen LogP contribution in [-0.4, -0.2) is 15.0 Å². The lowest BCUT2D eigenvalue weighted by molar-refractivity contribution is 0.540. The number of nitrogens with zero attached hydrogens (tertiary/aromatic N) is 3. The second-order valence-corrected chi connectivity index (χ2v) is 7.79. The van der Waals surface area contributed by atoms with Crippen LogP contribution in [0.4, 0.5) is 0 Å². The molecule has 0 radical (unpaired) electrons. The molecule has 0 aliphatic heterocycles. The predicted molar refractivity (Wildman–Crippen MR) is 113 cm³/mol. The highest BCUT2D eigenvalue weighted by molar-refractivity contribution is 7.98. The van der Waals surface area contributed by atoms with Crippen molar-refractivity contribution < 1.29 is 4.42 Å². The average molecular weight is 408 g/mol. The van der Waals surface area contributed by atoms with Crippen LogP contribution in [0.15, 0.2) is 70.1 Å². The van der Waals surface area contributed by atoms with E-state index in [1.165, 1.54) is 0 Å². The normalized spacial score (nSPS) is 11.0. The van der Waals surface area contributed by atoms with Crippen LogP contribution in [0.3, 0.4) is 0 Å². The van der Waals surface area contributed by atoms with Crippen molar-refractivity contribution in [3.63, 3.8) is 0 Å². The minimum Gasteiger partial charge on any atom is -0.441 e. The van der Waals surface area contributed by atoms with Gasteiger partial charge < -0.3 is 4.42 Å². The lowest BCUT2D eigenvalue weighted by Gasteiger charge is -2.06. The van der Waals surface area contributed by atoms with E-state index in [1.54, 1.807) is 11.8 Å². The van der Waals surface area contributed by atoms with Gasteiger partial charge in [0.1, 0.15) is 10.8 Å². The maximum atomic E-state index is 6.11. The molecular weight excluding hydrogens is 390 g/mol. The molecule has 0 aliphatic carbocycles. The number of thioether (sulfide) groups is 1. The Kier molecular flexibility index (Phi) is 5.46. The fraction of sp³-hybridized carbons (Fsp3) is 0.136. The number of aromatic nitrogens is 3. The van der Waals surface area contributed by atoms with Gasteiger partial charge in [-0.15, -0.1) is 0 Å². The second kappa shape index (κ2) is 8.17.